The second-order valence-electron chi connectivity index (χ2n) is 18.6. The molecule has 12 nitrogen and oxygen atoms in total. The first-order valence-corrected chi connectivity index (χ1v) is 22.2. The molecule has 3 aliphatic heterocycles. The van der Waals surface area contributed by atoms with Crippen LogP contribution in [0.4, 0.5) is 24.5 Å². The first kappa shape index (κ1) is 42.1. The number of hydrogen-bond donors (Lipinski definition) is 4. The smallest absolute Gasteiger partial charge is 0.386 e. The zero-order valence-corrected chi connectivity index (χ0v) is 35.4. The molecule has 1 aromatic heterocycles. The van der Waals surface area contributed by atoms with Gasteiger partial charge in [-0.2, -0.15) is 13.2 Å². The molecule has 2 saturated carbocycles. The van der Waals surface area contributed by atoms with Crippen LogP contribution in [0.25, 0.3) is 10.2 Å². The monoisotopic (exact) mass is 870 g/mol. The second kappa shape index (κ2) is 15.9. The number of likely N-dealkylation sites (tertiary alicyclic amines) is 1. The van der Waals surface area contributed by atoms with Crippen LogP contribution >= 0.6 is 11.3 Å². The summed E-state index contributed by atoms with van der Waals surface area (Å²) in [4.78, 5) is 72.4. The summed E-state index contributed by atoms with van der Waals surface area (Å²) < 4.78 is 40.8. The van der Waals surface area contributed by atoms with Gasteiger partial charge in [0, 0.05) is 61.0 Å². The number of aliphatic hydroxyl groups is 1. The van der Waals surface area contributed by atoms with Crippen molar-refractivity contribution >= 4 is 62.5 Å². The van der Waals surface area contributed by atoms with E-state index < -0.39 is 52.9 Å². The van der Waals surface area contributed by atoms with Crippen LogP contribution in [-0.2, 0) is 21.4 Å². The van der Waals surface area contributed by atoms with E-state index in [0.717, 1.165) is 84.0 Å². The molecule has 326 valence electrons. The predicted molar refractivity (Wildman–Crippen MR) is 227 cm³/mol. The van der Waals surface area contributed by atoms with Crippen molar-refractivity contribution in [1.29, 1.82) is 0 Å². The van der Waals surface area contributed by atoms with Gasteiger partial charge in [0.05, 0.1) is 37.5 Å². The number of carbonyl (C=O) groups is 5. The van der Waals surface area contributed by atoms with E-state index in [4.69, 9.17) is 4.98 Å². The number of hydrogen-bond acceptors (Lipinski definition) is 10. The molecule has 5 amide bonds. The number of imide groups is 2. The summed E-state index contributed by atoms with van der Waals surface area (Å²) in [7, 11) is 0. The Hall–Kier alpha value is -5.19. The number of nitrogens with one attached hydrogen (secondary N) is 3. The highest BCUT2D eigenvalue weighted by Gasteiger charge is 2.52. The van der Waals surface area contributed by atoms with Gasteiger partial charge in [-0.05, 0) is 125 Å². The van der Waals surface area contributed by atoms with Gasteiger partial charge in [0.1, 0.15) is 6.04 Å². The van der Waals surface area contributed by atoms with Crippen LogP contribution in [0.3, 0.4) is 0 Å². The van der Waals surface area contributed by atoms with Gasteiger partial charge in [-0.3, -0.25) is 34.2 Å². The number of alkyl halides is 3. The highest BCUT2D eigenvalue weighted by molar-refractivity contribution is 7.18. The zero-order valence-electron chi connectivity index (χ0n) is 34.6. The van der Waals surface area contributed by atoms with E-state index in [9.17, 15) is 42.3 Å². The highest BCUT2D eigenvalue weighted by atomic mass is 32.1. The summed E-state index contributed by atoms with van der Waals surface area (Å²) in [6.45, 7) is 7.18. The summed E-state index contributed by atoms with van der Waals surface area (Å²) in [6.07, 6.45) is 3.18. The zero-order chi connectivity index (χ0) is 43.7. The van der Waals surface area contributed by atoms with E-state index in [1.165, 1.54) is 25.0 Å². The van der Waals surface area contributed by atoms with Gasteiger partial charge in [-0.25, -0.2) is 4.98 Å². The Morgan fingerprint density at radius 1 is 0.935 bits per heavy atom. The minimum absolute atomic E-state index is 0.0772. The molecule has 4 fully saturated rings. The molecular formula is C46H49F3N6O6S. The van der Waals surface area contributed by atoms with Gasteiger partial charge in [0.2, 0.25) is 11.8 Å². The number of thiazole rings is 1. The third-order valence-electron chi connectivity index (χ3n) is 13.5. The minimum atomic E-state index is -4.58. The van der Waals surface area contributed by atoms with Crippen molar-refractivity contribution < 1.29 is 42.3 Å². The van der Waals surface area contributed by atoms with Gasteiger partial charge < -0.3 is 20.6 Å². The molecule has 1 atom stereocenters. The molecule has 9 rings (SSSR count). The van der Waals surface area contributed by atoms with Crippen molar-refractivity contribution in [2.24, 2.45) is 17.3 Å². The third-order valence-corrected chi connectivity index (χ3v) is 14.7. The molecule has 1 unspecified atom stereocenters. The van der Waals surface area contributed by atoms with Crippen molar-refractivity contribution in [3.63, 3.8) is 0 Å². The third kappa shape index (κ3) is 8.12. The van der Waals surface area contributed by atoms with Crippen LogP contribution in [0, 0.1) is 17.3 Å². The number of benzene rings is 3. The Bertz CT molecular complexity index is 2480. The first-order valence-electron chi connectivity index (χ1n) is 21.4. The van der Waals surface area contributed by atoms with E-state index in [1.807, 2.05) is 0 Å². The van der Waals surface area contributed by atoms with Crippen molar-refractivity contribution in [1.82, 2.24) is 20.1 Å². The lowest BCUT2D eigenvalue weighted by Crippen LogP contribution is -2.63. The quantitative estimate of drug-likeness (QED) is 0.111. The van der Waals surface area contributed by atoms with Gasteiger partial charge in [0.15, 0.2) is 0 Å². The molecule has 62 heavy (non-hydrogen) atoms. The Morgan fingerprint density at radius 3 is 2.39 bits per heavy atom. The van der Waals surface area contributed by atoms with Gasteiger partial charge in [-0.15, -0.1) is 11.3 Å². The lowest BCUT2D eigenvalue weighted by atomic mass is 9.57. The number of carbonyl (C=O) groups excluding carboxylic acids is 5. The largest absolute Gasteiger partial charge is 0.416 e. The minimum Gasteiger partial charge on any atom is -0.386 e. The molecule has 2 aliphatic carbocycles. The molecule has 3 aromatic carbocycles. The number of anilines is 2. The van der Waals surface area contributed by atoms with Crippen LogP contribution in [0.2, 0.25) is 0 Å². The Balaban J connectivity index is 0.735. The van der Waals surface area contributed by atoms with Gasteiger partial charge >= 0.3 is 6.18 Å². The van der Waals surface area contributed by atoms with E-state index in [0.29, 0.717) is 46.7 Å². The maximum absolute atomic E-state index is 13.4. The molecule has 4 heterocycles. The predicted octanol–water partition coefficient (Wildman–Crippen LogP) is 7.68. The highest BCUT2D eigenvalue weighted by Crippen LogP contribution is 2.53. The summed E-state index contributed by atoms with van der Waals surface area (Å²) in [5.41, 5.74) is 0.632. The molecule has 0 radical (unpaired) electrons. The number of fused-ring (bicyclic) bond motifs is 2. The van der Waals surface area contributed by atoms with Crippen LogP contribution in [-0.4, -0.2) is 81.6 Å². The Morgan fingerprint density at radius 2 is 1.68 bits per heavy atom. The Labute approximate surface area is 360 Å². The van der Waals surface area contributed by atoms with Crippen molar-refractivity contribution in [3.8, 4) is 0 Å². The number of halogens is 3. The molecule has 16 heteroatoms. The number of rotatable bonds is 11. The number of nitrogens with zero attached hydrogens (tertiary/aromatic N) is 3. The van der Waals surface area contributed by atoms with Crippen LogP contribution in [0.1, 0.15) is 125 Å². The lowest BCUT2D eigenvalue weighted by Gasteiger charge is -2.60. The van der Waals surface area contributed by atoms with E-state index in [-0.39, 0.29) is 29.5 Å². The summed E-state index contributed by atoms with van der Waals surface area (Å²) >= 11 is 1.56. The fourth-order valence-electron chi connectivity index (χ4n) is 10.5. The Kier molecular flexibility index (Phi) is 10.8. The van der Waals surface area contributed by atoms with Gasteiger partial charge in [-0.1, -0.05) is 12.1 Å². The summed E-state index contributed by atoms with van der Waals surface area (Å²) in [5, 5.41) is 20.4. The topological polar surface area (TPSA) is 161 Å². The van der Waals surface area contributed by atoms with Crippen LogP contribution < -0.4 is 16.0 Å². The average Bonchev–Trinajstić information content (AvgIpc) is 3.73. The molecule has 1 spiro atoms. The maximum Gasteiger partial charge on any atom is 0.416 e. The van der Waals surface area contributed by atoms with Crippen molar-refractivity contribution in [2.45, 2.75) is 95.4 Å². The van der Waals surface area contributed by atoms with Crippen LogP contribution in [0.5, 0.6) is 0 Å². The lowest BCUT2D eigenvalue weighted by molar-refractivity contribution is -0.138. The first-order chi connectivity index (χ1) is 29.4. The van der Waals surface area contributed by atoms with E-state index >= 15 is 0 Å². The van der Waals surface area contributed by atoms with Crippen LogP contribution in [0.15, 0.2) is 54.6 Å². The molecule has 5 aliphatic rings. The average molecular weight is 871 g/mol. The molecule has 2 saturated heterocycles. The molecule has 4 N–H and O–H groups in total. The normalized spacial score (nSPS) is 23.0. The standard InChI is InChI=1S/C46H49F3N6O6S/c1-44(2,61)31-18-34-36(19-33(31)51-39(57)28-5-3-6-29(17-28)46(47,48)49)62-41(52-34)27-11-9-25(10-12-27)22-54-23-45(24-54)20-26(21-45)15-16-50-32-8-4-7-30-38(32)43(60)55(42(30)59)35-13-14-37(56)53-40(35)58/h3-8,17-19,25-27,35,50,61H,9-16,20-24H2,1-2H3,(H,51,57)(H,53,56,58)/t25-,27-,35?. The molecular weight excluding hydrogens is 822 g/mol. The van der Waals surface area contributed by atoms with E-state index in [2.05, 4.69) is 20.9 Å². The molecule has 0 bridgehead atoms. The molecule has 4 aromatic rings. The summed E-state index contributed by atoms with van der Waals surface area (Å²) in [5.74, 6) is -1.23. The fraction of sp³-hybridized carbons (Fsp3) is 0.478. The SMILES string of the molecule is CC(C)(O)c1cc2nc([C@H]3CC[C@H](CN4CC5(CC(CCNc6cccc7c6C(=O)N(C6CCC(=O)NC6=O)C7=O)C5)C4)CC3)sc2cc1NC(=O)c1cccc(C(F)(F)F)c1. The van der Waals surface area contributed by atoms with Gasteiger partial charge in [0.25, 0.3) is 17.7 Å². The maximum atomic E-state index is 13.4. The number of piperidine rings is 1. The van der Waals surface area contributed by atoms with Crippen molar-refractivity contribution in [3.05, 3.63) is 87.4 Å². The van der Waals surface area contributed by atoms with Crippen molar-refractivity contribution in [2.75, 3.05) is 36.8 Å². The fourth-order valence-corrected chi connectivity index (χ4v) is 11.7. The van der Waals surface area contributed by atoms with E-state index in [1.54, 1.807) is 55.5 Å². The second-order valence-corrected chi connectivity index (χ2v) is 19.6. The number of aromatic nitrogens is 1. The number of amides is 5. The summed E-state index contributed by atoms with van der Waals surface area (Å²) in [6, 6.07) is 12.0.